The van der Waals surface area contributed by atoms with Gasteiger partial charge in [-0.2, -0.15) is 0 Å². The van der Waals surface area contributed by atoms with Crippen LogP contribution in [0.5, 0.6) is 0 Å². The van der Waals surface area contributed by atoms with Crippen LogP contribution in [0.4, 0.5) is 10.5 Å². The van der Waals surface area contributed by atoms with Gasteiger partial charge in [-0.1, -0.05) is 5.92 Å². The van der Waals surface area contributed by atoms with Gasteiger partial charge in [-0.15, -0.1) is 6.42 Å². The molecule has 0 heterocycles. The minimum atomic E-state index is -0.286. The number of urea groups is 1. The van der Waals surface area contributed by atoms with E-state index in [-0.39, 0.29) is 6.03 Å². The lowest BCUT2D eigenvalue weighted by atomic mass is 10.2. The maximum atomic E-state index is 11.6. The second-order valence-corrected chi connectivity index (χ2v) is 4.12. The predicted molar refractivity (Wildman–Crippen MR) is 82.1 cm³/mol. The van der Waals surface area contributed by atoms with Crippen LogP contribution in [0.2, 0.25) is 0 Å². The minimum Gasteiger partial charge on any atom is -0.378 e. The fourth-order valence-electron chi connectivity index (χ4n) is 1.47. The molecule has 0 aliphatic rings. The summed E-state index contributed by atoms with van der Waals surface area (Å²) in [6.45, 7) is 2.87. The molecule has 0 saturated carbocycles. The maximum absolute atomic E-state index is 11.6. The summed E-state index contributed by atoms with van der Waals surface area (Å²) >= 11 is 0. The molecule has 1 aromatic carbocycles. The topological polar surface area (TPSA) is 85.6 Å². The number of carbonyl (C=O) groups is 1. The van der Waals surface area contributed by atoms with Crippen molar-refractivity contribution in [3.8, 4) is 12.3 Å². The Balaban J connectivity index is 2.07. The van der Waals surface area contributed by atoms with Crippen molar-refractivity contribution in [2.45, 2.75) is 0 Å². The molecular formula is C15H21N3O3. The van der Waals surface area contributed by atoms with E-state index in [0.717, 1.165) is 5.56 Å². The van der Waals surface area contributed by atoms with E-state index < -0.39 is 0 Å². The molecule has 0 aromatic heterocycles. The van der Waals surface area contributed by atoms with E-state index >= 15 is 0 Å². The van der Waals surface area contributed by atoms with Crippen molar-refractivity contribution in [3.63, 3.8) is 0 Å². The summed E-state index contributed by atoms with van der Waals surface area (Å²) in [6, 6.07) is 6.74. The van der Waals surface area contributed by atoms with E-state index in [0.29, 0.717) is 45.2 Å². The van der Waals surface area contributed by atoms with Gasteiger partial charge in [0.25, 0.3) is 0 Å². The fraction of sp³-hybridized carbons (Fsp3) is 0.400. The third kappa shape index (κ3) is 7.95. The Morgan fingerprint density at radius 2 is 1.81 bits per heavy atom. The predicted octanol–water partition coefficient (Wildman–Crippen LogP) is 0.781. The van der Waals surface area contributed by atoms with Crippen molar-refractivity contribution >= 4 is 11.7 Å². The first-order valence-corrected chi connectivity index (χ1v) is 6.73. The molecule has 0 atom stereocenters. The van der Waals surface area contributed by atoms with Crippen molar-refractivity contribution in [1.82, 2.24) is 5.32 Å². The van der Waals surface area contributed by atoms with Crippen LogP contribution < -0.4 is 16.4 Å². The van der Waals surface area contributed by atoms with E-state index in [1.54, 1.807) is 24.3 Å². The van der Waals surface area contributed by atoms with Crippen LogP contribution in [0, 0.1) is 12.3 Å². The molecule has 0 aliphatic carbocycles. The highest BCUT2D eigenvalue weighted by Gasteiger charge is 2.00. The standard InChI is InChI=1S/C15H21N3O3/c1-2-13-3-5-14(6-4-13)18-15(19)17-8-10-21-12-11-20-9-7-16/h1,3-6H,7-12,16H2,(H2,17,18,19). The average molecular weight is 291 g/mol. The lowest BCUT2D eigenvalue weighted by molar-refractivity contribution is 0.0525. The van der Waals surface area contributed by atoms with Gasteiger partial charge in [0.15, 0.2) is 0 Å². The van der Waals surface area contributed by atoms with Crippen LogP contribution >= 0.6 is 0 Å². The van der Waals surface area contributed by atoms with E-state index in [4.69, 9.17) is 21.6 Å². The summed E-state index contributed by atoms with van der Waals surface area (Å²) in [5.74, 6) is 2.51. The Morgan fingerprint density at radius 3 is 2.43 bits per heavy atom. The van der Waals surface area contributed by atoms with Crippen molar-refractivity contribution in [2.24, 2.45) is 5.73 Å². The third-order valence-corrected chi connectivity index (χ3v) is 2.48. The number of benzene rings is 1. The Morgan fingerprint density at radius 1 is 1.14 bits per heavy atom. The third-order valence-electron chi connectivity index (χ3n) is 2.48. The zero-order chi connectivity index (χ0) is 15.3. The highest BCUT2D eigenvalue weighted by Crippen LogP contribution is 2.08. The molecule has 0 fully saturated rings. The monoisotopic (exact) mass is 291 g/mol. The molecule has 0 bridgehead atoms. The number of ether oxygens (including phenoxy) is 2. The highest BCUT2D eigenvalue weighted by molar-refractivity contribution is 5.89. The Hall–Kier alpha value is -2.07. The molecule has 0 saturated heterocycles. The largest absolute Gasteiger partial charge is 0.378 e. The number of anilines is 1. The van der Waals surface area contributed by atoms with Gasteiger partial charge in [-0.25, -0.2) is 4.79 Å². The number of hydrogen-bond donors (Lipinski definition) is 3. The summed E-state index contributed by atoms with van der Waals surface area (Å²) in [6.07, 6.45) is 5.25. The molecule has 6 nitrogen and oxygen atoms in total. The van der Waals surface area contributed by atoms with Gasteiger partial charge in [-0.3, -0.25) is 0 Å². The smallest absolute Gasteiger partial charge is 0.319 e. The van der Waals surface area contributed by atoms with Crippen molar-refractivity contribution in [3.05, 3.63) is 29.8 Å². The summed E-state index contributed by atoms with van der Waals surface area (Å²) in [7, 11) is 0. The molecule has 6 heteroatoms. The molecule has 0 radical (unpaired) electrons. The summed E-state index contributed by atoms with van der Waals surface area (Å²) in [5, 5.41) is 5.38. The zero-order valence-electron chi connectivity index (χ0n) is 11.9. The molecule has 0 spiro atoms. The van der Waals surface area contributed by atoms with Crippen LogP contribution in [0.25, 0.3) is 0 Å². The van der Waals surface area contributed by atoms with Gasteiger partial charge < -0.3 is 25.8 Å². The quantitative estimate of drug-likeness (QED) is 0.463. The molecule has 114 valence electrons. The van der Waals surface area contributed by atoms with Gasteiger partial charge >= 0.3 is 6.03 Å². The number of hydrogen-bond acceptors (Lipinski definition) is 4. The van der Waals surface area contributed by atoms with E-state index in [9.17, 15) is 4.79 Å². The molecule has 2 amide bonds. The van der Waals surface area contributed by atoms with Crippen LogP contribution in [0.1, 0.15) is 5.56 Å². The number of amides is 2. The molecule has 21 heavy (non-hydrogen) atoms. The Bertz CT molecular complexity index is 454. The summed E-state index contributed by atoms with van der Waals surface area (Å²) in [4.78, 5) is 11.6. The van der Waals surface area contributed by atoms with Crippen molar-refractivity contribution in [2.75, 3.05) is 44.8 Å². The van der Waals surface area contributed by atoms with Crippen LogP contribution in [-0.4, -0.2) is 45.5 Å². The van der Waals surface area contributed by atoms with E-state index in [1.807, 2.05) is 0 Å². The normalized spacial score (nSPS) is 9.90. The first-order chi connectivity index (χ1) is 10.3. The zero-order valence-corrected chi connectivity index (χ0v) is 11.9. The first-order valence-electron chi connectivity index (χ1n) is 6.73. The molecular weight excluding hydrogens is 270 g/mol. The van der Waals surface area contributed by atoms with Gasteiger partial charge in [0.05, 0.1) is 26.4 Å². The van der Waals surface area contributed by atoms with Crippen LogP contribution in [0.3, 0.4) is 0 Å². The molecule has 1 aromatic rings. The Labute approximate surface area is 125 Å². The minimum absolute atomic E-state index is 0.286. The number of nitrogens with one attached hydrogen (secondary N) is 2. The average Bonchev–Trinajstić information content (AvgIpc) is 2.50. The van der Waals surface area contributed by atoms with Crippen LogP contribution in [-0.2, 0) is 9.47 Å². The van der Waals surface area contributed by atoms with Gasteiger partial charge in [0.2, 0.25) is 0 Å². The van der Waals surface area contributed by atoms with Gasteiger partial charge in [0, 0.05) is 24.3 Å². The van der Waals surface area contributed by atoms with E-state index in [1.165, 1.54) is 0 Å². The second kappa shape index (κ2) is 10.7. The number of terminal acetylenes is 1. The first kappa shape index (κ1) is 17.0. The molecule has 0 unspecified atom stereocenters. The highest BCUT2D eigenvalue weighted by atomic mass is 16.5. The molecule has 1 rings (SSSR count). The van der Waals surface area contributed by atoms with Crippen LogP contribution in [0.15, 0.2) is 24.3 Å². The Kier molecular flexibility index (Phi) is 8.64. The number of rotatable bonds is 9. The molecule has 4 N–H and O–H groups in total. The van der Waals surface area contributed by atoms with Crippen molar-refractivity contribution in [1.29, 1.82) is 0 Å². The number of carbonyl (C=O) groups excluding carboxylic acids is 1. The van der Waals surface area contributed by atoms with Crippen molar-refractivity contribution < 1.29 is 14.3 Å². The molecule has 0 aliphatic heterocycles. The fourth-order valence-corrected chi connectivity index (χ4v) is 1.47. The number of nitrogens with two attached hydrogens (primary N) is 1. The van der Waals surface area contributed by atoms with Gasteiger partial charge in [-0.05, 0) is 24.3 Å². The SMILES string of the molecule is C#Cc1ccc(NC(=O)NCCOCCOCCN)cc1. The van der Waals surface area contributed by atoms with Gasteiger partial charge in [0.1, 0.15) is 0 Å². The lowest BCUT2D eigenvalue weighted by Gasteiger charge is -2.08. The summed E-state index contributed by atoms with van der Waals surface area (Å²) in [5.41, 5.74) is 6.73. The van der Waals surface area contributed by atoms with E-state index in [2.05, 4.69) is 16.6 Å². The second-order valence-electron chi connectivity index (χ2n) is 4.12. The lowest BCUT2D eigenvalue weighted by Crippen LogP contribution is -2.31. The maximum Gasteiger partial charge on any atom is 0.319 e. The summed E-state index contributed by atoms with van der Waals surface area (Å²) < 4.78 is 10.4.